The van der Waals surface area contributed by atoms with Crippen molar-refractivity contribution in [3.05, 3.63) is 6.07 Å². The summed E-state index contributed by atoms with van der Waals surface area (Å²) in [5, 5.41) is 12.4. The number of aliphatic carboxylic acids is 1. The average Bonchev–Trinajstić information content (AvgIpc) is 2.87. The van der Waals surface area contributed by atoms with E-state index in [1.165, 1.54) is 0 Å². The van der Waals surface area contributed by atoms with Gasteiger partial charge in [0, 0.05) is 19.2 Å². The number of rotatable bonds is 6. The average molecular weight is 279 g/mol. The summed E-state index contributed by atoms with van der Waals surface area (Å²) in [7, 11) is 0. The van der Waals surface area contributed by atoms with Gasteiger partial charge in [-0.3, -0.25) is 0 Å². The summed E-state index contributed by atoms with van der Waals surface area (Å²) in [5.41, 5.74) is 5.72. The molecule has 0 aliphatic carbocycles. The molecule has 0 radical (unpaired) electrons. The molecular formula is C13H21N5O2. The minimum atomic E-state index is -0.819. The minimum Gasteiger partial charge on any atom is -0.480 e. The van der Waals surface area contributed by atoms with E-state index in [2.05, 4.69) is 22.2 Å². The predicted molar refractivity (Wildman–Crippen MR) is 77.8 cm³/mol. The van der Waals surface area contributed by atoms with Crippen molar-refractivity contribution < 1.29 is 9.90 Å². The number of hydrogen-bond acceptors (Lipinski definition) is 6. The van der Waals surface area contributed by atoms with Gasteiger partial charge in [0.25, 0.3) is 0 Å². The molecule has 0 amide bonds. The van der Waals surface area contributed by atoms with E-state index in [1.807, 2.05) is 0 Å². The van der Waals surface area contributed by atoms with Gasteiger partial charge in [-0.25, -0.2) is 4.79 Å². The zero-order valence-electron chi connectivity index (χ0n) is 11.7. The maximum absolute atomic E-state index is 11.2. The van der Waals surface area contributed by atoms with Crippen LogP contribution in [0.3, 0.4) is 0 Å². The van der Waals surface area contributed by atoms with Crippen molar-refractivity contribution in [2.24, 2.45) is 0 Å². The molecule has 7 nitrogen and oxygen atoms in total. The quantitative estimate of drug-likeness (QED) is 0.674. The van der Waals surface area contributed by atoms with Crippen LogP contribution in [0.15, 0.2) is 6.07 Å². The van der Waals surface area contributed by atoms with Gasteiger partial charge in [0.2, 0.25) is 5.95 Å². The Kier molecular flexibility index (Phi) is 4.60. The fourth-order valence-electron chi connectivity index (χ4n) is 2.38. The molecule has 2 heterocycles. The van der Waals surface area contributed by atoms with E-state index in [0.29, 0.717) is 24.6 Å². The highest BCUT2D eigenvalue weighted by Gasteiger charge is 2.31. The van der Waals surface area contributed by atoms with Gasteiger partial charge < -0.3 is 21.1 Å². The van der Waals surface area contributed by atoms with E-state index in [-0.39, 0.29) is 5.95 Å². The Labute approximate surface area is 118 Å². The lowest BCUT2D eigenvalue weighted by Gasteiger charge is -2.23. The number of carboxylic acids is 1. The first-order chi connectivity index (χ1) is 9.61. The second-order valence-corrected chi connectivity index (χ2v) is 4.94. The SMILES string of the molecule is CCCCNc1cc(N2CCC[C@H]2C(=O)O)nc(N)n1. The van der Waals surface area contributed by atoms with Crippen molar-refractivity contribution in [1.29, 1.82) is 0 Å². The van der Waals surface area contributed by atoms with Gasteiger partial charge in [-0.05, 0) is 19.3 Å². The van der Waals surface area contributed by atoms with Crippen molar-refractivity contribution in [2.45, 2.75) is 38.6 Å². The Hall–Kier alpha value is -2.05. The maximum atomic E-state index is 11.2. The molecular weight excluding hydrogens is 258 g/mol. The standard InChI is InChI=1S/C13H21N5O2/c1-2-3-6-15-10-8-11(17-13(14)16-10)18-7-4-5-9(18)12(19)20/h8-9H,2-7H2,1H3,(H,19,20)(H3,14,15,16,17)/t9-/m0/s1. The van der Waals surface area contributed by atoms with Crippen LogP contribution < -0.4 is 16.0 Å². The van der Waals surface area contributed by atoms with Gasteiger partial charge in [-0.2, -0.15) is 9.97 Å². The van der Waals surface area contributed by atoms with Crippen LogP contribution in [0.1, 0.15) is 32.6 Å². The molecule has 1 aliphatic heterocycles. The van der Waals surface area contributed by atoms with E-state index in [9.17, 15) is 9.90 Å². The van der Waals surface area contributed by atoms with E-state index in [0.717, 1.165) is 25.8 Å². The Morgan fingerprint density at radius 2 is 2.40 bits per heavy atom. The molecule has 1 atom stereocenters. The maximum Gasteiger partial charge on any atom is 0.326 e. The number of nitrogens with one attached hydrogen (secondary N) is 1. The lowest BCUT2D eigenvalue weighted by molar-refractivity contribution is -0.138. The number of unbranched alkanes of at least 4 members (excludes halogenated alkanes) is 1. The van der Waals surface area contributed by atoms with Crippen LogP contribution in [-0.2, 0) is 4.79 Å². The Balaban J connectivity index is 2.16. The van der Waals surface area contributed by atoms with E-state index < -0.39 is 12.0 Å². The van der Waals surface area contributed by atoms with Crippen LogP contribution in [0.4, 0.5) is 17.6 Å². The normalized spacial score (nSPS) is 18.2. The molecule has 20 heavy (non-hydrogen) atoms. The molecule has 1 aromatic rings. The highest BCUT2D eigenvalue weighted by molar-refractivity contribution is 5.78. The van der Waals surface area contributed by atoms with Gasteiger partial charge in [0.05, 0.1) is 0 Å². The summed E-state index contributed by atoms with van der Waals surface area (Å²) in [4.78, 5) is 21.3. The van der Waals surface area contributed by atoms with Gasteiger partial charge in [0.1, 0.15) is 17.7 Å². The van der Waals surface area contributed by atoms with Crippen LogP contribution in [-0.4, -0.2) is 40.2 Å². The van der Waals surface area contributed by atoms with E-state index >= 15 is 0 Å². The summed E-state index contributed by atoms with van der Waals surface area (Å²) in [5.74, 6) is 0.580. The highest BCUT2D eigenvalue weighted by atomic mass is 16.4. The first-order valence-electron chi connectivity index (χ1n) is 6.99. The molecule has 1 aliphatic rings. The first-order valence-corrected chi connectivity index (χ1v) is 6.99. The molecule has 4 N–H and O–H groups in total. The highest BCUT2D eigenvalue weighted by Crippen LogP contribution is 2.26. The van der Waals surface area contributed by atoms with E-state index in [1.54, 1.807) is 11.0 Å². The number of carbonyl (C=O) groups is 1. The van der Waals surface area contributed by atoms with Crippen molar-refractivity contribution in [2.75, 3.05) is 29.0 Å². The summed E-state index contributed by atoms with van der Waals surface area (Å²) in [6.45, 7) is 3.61. The predicted octanol–water partition coefficient (Wildman–Crippen LogP) is 1.32. The molecule has 1 saturated heterocycles. The van der Waals surface area contributed by atoms with Crippen LogP contribution in [0.2, 0.25) is 0 Å². The zero-order valence-corrected chi connectivity index (χ0v) is 11.7. The Morgan fingerprint density at radius 3 is 3.10 bits per heavy atom. The van der Waals surface area contributed by atoms with Crippen molar-refractivity contribution in [3.63, 3.8) is 0 Å². The Morgan fingerprint density at radius 1 is 1.60 bits per heavy atom. The molecule has 7 heteroatoms. The summed E-state index contributed by atoms with van der Waals surface area (Å²) in [6, 6.07) is 1.25. The molecule has 110 valence electrons. The Bertz CT molecular complexity index is 480. The number of carboxylic acid groups (broad SMARTS) is 1. The molecule has 1 aromatic heterocycles. The molecule has 2 rings (SSSR count). The lowest BCUT2D eigenvalue weighted by atomic mass is 10.2. The third-order valence-corrected chi connectivity index (χ3v) is 3.40. The van der Waals surface area contributed by atoms with Crippen molar-refractivity contribution in [3.8, 4) is 0 Å². The van der Waals surface area contributed by atoms with Crippen LogP contribution in [0, 0.1) is 0 Å². The molecule has 0 aromatic carbocycles. The lowest BCUT2D eigenvalue weighted by Crippen LogP contribution is -2.36. The number of nitrogens with zero attached hydrogens (tertiary/aromatic N) is 3. The van der Waals surface area contributed by atoms with Crippen LogP contribution in [0.5, 0.6) is 0 Å². The number of aromatic nitrogens is 2. The monoisotopic (exact) mass is 279 g/mol. The molecule has 0 saturated carbocycles. The largest absolute Gasteiger partial charge is 0.480 e. The second-order valence-electron chi connectivity index (χ2n) is 4.94. The van der Waals surface area contributed by atoms with Crippen LogP contribution in [0.25, 0.3) is 0 Å². The fourth-order valence-corrected chi connectivity index (χ4v) is 2.38. The third-order valence-electron chi connectivity index (χ3n) is 3.40. The third kappa shape index (κ3) is 3.28. The smallest absolute Gasteiger partial charge is 0.326 e. The number of anilines is 3. The summed E-state index contributed by atoms with van der Waals surface area (Å²) in [6.07, 6.45) is 3.62. The van der Waals surface area contributed by atoms with Gasteiger partial charge in [0.15, 0.2) is 0 Å². The van der Waals surface area contributed by atoms with Crippen LogP contribution >= 0.6 is 0 Å². The zero-order chi connectivity index (χ0) is 14.5. The minimum absolute atomic E-state index is 0.164. The van der Waals surface area contributed by atoms with E-state index in [4.69, 9.17) is 5.73 Å². The fraction of sp³-hybridized carbons (Fsp3) is 0.615. The van der Waals surface area contributed by atoms with Gasteiger partial charge in [-0.15, -0.1) is 0 Å². The first kappa shape index (κ1) is 14.4. The molecule has 0 unspecified atom stereocenters. The number of hydrogen-bond donors (Lipinski definition) is 3. The molecule has 0 spiro atoms. The summed E-state index contributed by atoms with van der Waals surface area (Å²) >= 11 is 0. The molecule has 1 fully saturated rings. The van der Waals surface area contributed by atoms with Crippen molar-refractivity contribution >= 4 is 23.6 Å². The van der Waals surface area contributed by atoms with Crippen molar-refractivity contribution in [1.82, 2.24) is 9.97 Å². The molecule has 0 bridgehead atoms. The summed E-state index contributed by atoms with van der Waals surface area (Å²) < 4.78 is 0. The topological polar surface area (TPSA) is 104 Å². The number of nitrogens with two attached hydrogens (primary N) is 1. The second kappa shape index (κ2) is 6.40. The number of nitrogen functional groups attached to an aromatic ring is 1. The van der Waals surface area contributed by atoms with Gasteiger partial charge >= 0.3 is 5.97 Å². The van der Waals surface area contributed by atoms with Gasteiger partial charge in [-0.1, -0.05) is 13.3 Å².